The van der Waals surface area contributed by atoms with Crippen molar-refractivity contribution in [1.82, 2.24) is 0 Å². The molecule has 0 amide bonds. The molecule has 1 aromatic carbocycles. The summed E-state index contributed by atoms with van der Waals surface area (Å²) in [5, 5.41) is 3.50. The Morgan fingerprint density at radius 2 is 1.76 bits per heavy atom. The first-order valence-corrected chi connectivity index (χ1v) is 6.90. The second-order valence-corrected chi connectivity index (χ2v) is 4.70. The van der Waals surface area contributed by atoms with Gasteiger partial charge in [-0.25, -0.2) is 0 Å². The molecule has 1 N–H and O–H groups in total. The zero-order valence-corrected chi connectivity index (χ0v) is 11.0. The molecule has 0 bridgehead atoms. The lowest BCUT2D eigenvalue weighted by Crippen LogP contribution is -2.47. The lowest BCUT2D eigenvalue weighted by molar-refractivity contribution is 0.0369. The molecule has 0 atom stereocenters. The quantitative estimate of drug-likeness (QED) is 0.724. The molecule has 2 heteroatoms. The number of para-hydroxylation sites is 2. The van der Waals surface area contributed by atoms with Gasteiger partial charge in [-0.1, -0.05) is 32.4 Å². The SMILES string of the molecule is CC.c1ccc2c(c1)NCC1(CCCCC1)O2. The van der Waals surface area contributed by atoms with E-state index < -0.39 is 0 Å². The molecule has 0 aromatic heterocycles. The Morgan fingerprint density at radius 1 is 1.06 bits per heavy atom. The molecule has 94 valence electrons. The number of fused-ring (bicyclic) bond motifs is 1. The van der Waals surface area contributed by atoms with Crippen molar-refractivity contribution in [2.75, 3.05) is 11.9 Å². The van der Waals surface area contributed by atoms with Gasteiger partial charge in [-0.15, -0.1) is 0 Å². The lowest BCUT2D eigenvalue weighted by Gasteiger charge is -2.41. The van der Waals surface area contributed by atoms with Crippen LogP contribution < -0.4 is 10.1 Å². The van der Waals surface area contributed by atoms with Gasteiger partial charge in [0.15, 0.2) is 0 Å². The van der Waals surface area contributed by atoms with E-state index in [-0.39, 0.29) is 5.60 Å². The van der Waals surface area contributed by atoms with Crippen LogP contribution in [0.2, 0.25) is 0 Å². The molecule has 1 heterocycles. The van der Waals surface area contributed by atoms with E-state index in [1.807, 2.05) is 26.0 Å². The van der Waals surface area contributed by atoms with Gasteiger partial charge in [0.2, 0.25) is 0 Å². The largest absolute Gasteiger partial charge is 0.483 e. The summed E-state index contributed by atoms with van der Waals surface area (Å²) in [4.78, 5) is 0. The Kier molecular flexibility index (Phi) is 3.93. The molecule has 0 radical (unpaired) electrons. The number of ether oxygens (including phenoxy) is 1. The molecular weight excluding hydrogens is 210 g/mol. The van der Waals surface area contributed by atoms with Crippen molar-refractivity contribution in [1.29, 1.82) is 0 Å². The van der Waals surface area contributed by atoms with Crippen molar-refractivity contribution in [3.63, 3.8) is 0 Å². The van der Waals surface area contributed by atoms with Crippen LogP contribution in [0.25, 0.3) is 0 Å². The number of benzene rings is 1. The molecule has 1 spiro atoms. The highest BCUT2D eigenvalue weighted by atomic mass is 16.5. The third kappa shape index (κ3) is 2.56. The summed E-state index contributed by atoms with van der Waals surface area (Å²) >= 11 is 0. The van der Waals surface area contributed by atoms with E-state index in [1.54, 1.807) is 0 Å². The summed E-state index contributed by atoms with van der Waals surface area (Å²) in [5.74, 6) is 1.03. The number of rotatable bonds is 0. The van der Waals surface area contributed by atoms with Crippen LogP contribution in [0.3, 0.4) is 0 Å². The Labute approximate surface area is 104 Å². The van der Waals surface area contributed by atoms with Crippen LogP contribution in [0, 0.1) is 0 Å². The maximum Gasteiger partial charge on any atom is 0.143 e. The van der Waals surface area contributed by atoms with E-state index in [0.717, 1.165) is 18.0 Å². The lowest BCUT2D eigenvalue weighted by atomic mass is 9.83. The highest BCUT2D eigenvalue weighted by Crippen LogP contribution is 2.39. The Balaban J connectivity index is 0.000000514. The van der Waals surface area contributed by atoms with Crippen LogP contribution >= 0.6 is 0 Å². The van der Waals surface area contributed by atoms with E-state index in [2.05, 4.69) is 17.4 Å². The minimum Gasteiger partial charge on any atom is -0.483 e. The minimum atomic E-state index is 0.0899. The summed E-state index contributed by atoms with van der Waals surface area (Å²) in [6.07, 6.45) is 6.39. The third-order valence-electron chi connectivity index (χ3n) is 3.58. The molecule has 1 aliphatic heterocycles. The first-order chi connectivity index (χ1) is 8.38. The molecule has 1 fully saturated rings. The number of hydrogen-bond donors (Lipinski definition) is 1. The predicted molar refractivity (Wildman–Crippen MR) is 72.7 cm³/mol. The molecule has 1 saturated carbocycles. The summed E-state index contributed by atoms with van der Waals surface area (Å²) in [6.45, 7) is 4.98. The van der Waals surface area contributed by atoms with Gasteiger partial charge in [0.25, 0.3) is 0 Å². The van der Waals surface area contributed by atoms with Crippen molar-refractivity contribution in [3.05, 3.63) is 24.3 Å². The van der Waals surface area contributed by atoms with Crippen LogP contribution in [0.15, 0.2) is 24.3 Å². The van der Waals surface area contributed by atoms with Gasteiger partial charge >= 0.3 is 0 Å². The van der Waals surface area contributed by atoms with Gasteiger partial charge in [0.1, 0.15) is 11.4 Å². The van der Waals surface area contributed by atoms with Crippen LogP contribution in [0.5, 0.6) is 5.75 Å². The normalized spacial score (nSPS) is 20.4. The molecule has 3 rings (SSSR count). The monoisotopic (exact) mass is 233 g/mol. The first-order valence-electron chi connectivity index (χ1n) is 6.90. The highest BCUT2D eigenvalue weighted by Gasteiger charge is 2.37. The highest BCUT2D eigenvalue weighted by molar-refractivity contribution is 5.58. The Bertz CT molecular complexity index is 356. The molecule has 2 aliphatic rings. The predicted octanol–water partition coefficient (Wildman–Crippen LogP) is 4.22. The van der Waals surface area contributed by atoms with Crippen molar-refractivity contribution in [2.45, 2.75) is 51.6 Å². The average Bonchev–Trinajstić information content (AvgIpc) is 2.42. The molecule has 1 aliphatic carbocycles. The summed E-state index contributed by atoms with van der Waals surface area (Å²) < 4.78 is 6.20. The number of anilines is 1. The van der Waals surface area contributed by atoms with E-state index in [1.165, 1.54) is 32.1 Å². The molecule has 0 unspecified atom stereocenters. The maximum atomic E-state index is 6.20. The van der Waals surface area contributed by atoms with Gasteiger partial charge in [0.05, 0.1) is 12.2 Å². The van der Waals surface area contributed by atoms with Crippen LogP contribution in [-0.4, -0.2) is 12.1 Å². The van der Waals surface area contributed by atoms with Crippen molar-refractivity contribution >= 4 is 5.69 Å². The summed E-state index contributed by atoms with van der Waals surface area (Å²) in [5.41, 5.74) is 1.24. The van der Waals surface area contributed by atoms with Crippen LogP contribution in [0.4, 0.5) is 5.69 Å². The molecular formula is C15H23NO. The standard InChI is InChI=1S/C13H17NO.C2H6/c1-4-8-13(9-5-1)10-14-11-6-2-3-7-12(11)15-13;1-2/h2-3,6-7,14H,1,4-5,8-10H2;1-2H3. The minimum absolute atomic E-state index is 0.0899. The first kappa shape index (κ1) is 12.3. The van der Waals surface area contributed by atoms with Crippen LogP contribution in [0.1, 0.15) is 46.0 Å². The van der Waals surface area contributed by atoms with Crippen molar-refractivity contribution in [3.8, 4) is 5.75 Å². The average molecular weight is 233 g/mol. The van der Waals surface area contributed by atoms with E-state index in [0.29, 0.717) is 0 Å². The second kappa shape index (κ2) is 5.44. The molecule has 0 saturated heterocycles. The van der Waals surface area contributed by atoms with Gasteiger partial charge in [-0.05, 0) is 37.8 Å². The van der Waals surface area contributed by atoms with Crippen molar-refractivity contribution < 1.29 is 4.74 Å². The van der Waals surface area contributed by atoms with Crippen LogP contribution in [-0.2, 0) is 0 Å². The fraction of sp³-hybridized carbons (Fsp3) is 0.600. The number of hydrogen-bond acceptors (Lipinski definition) is 2. The second-order valence-electron chi connectivity index (χ2n) is 4.70. The fourth-order valence-electron chi connectivity index (χ4n) is 2.70. The van der Waals surface area contributed by atoms with Gasteiger partial charge in [-0.3, -0.25) is 0 Å². The Morgan fingerprint density at radius 3 is 2.53 bits per heavy atom. The molecule has 17 heavy (non-hydrogen) atoms. The van der Waals surface area contributed by atoms with Gasteiger partial charge < -0.3 is 10.1 Å². The van der Waals surface area contributed by atoms with E-state index >= 15 is 0 Å². The number of nitrogens with one attached hydrogen (secondary N) is 1. The topological polar surface area (TPSA) is 21.3 Å². The third-order valence-corrected chi connectivity index (χ3v) is 3.58. The Hall–Kier alpha value is -1.18. The van der Waals surface area contributed by atoms with E-state index in [4.69, 9.17) is 4.74 Å². The molecule has 2 nitrogen and oxygen atoms in total. The summed E-state index contributed by atoms with van der Waals surface area (Å²) in [6, 6.07) is 8.25. The van der Waals surface area contributed by atoms with Gasteiger partial charge in [0, 0.05) is 0 Å². The summed E-state index contributed by atoms with van der Waals surface area (Å²) in [7, 11) is 0. The zero-order chi connectivity index (χ0) is 12.1. The van der Waals surface area contributed by atoms with Crippen molar-refractivity contribution in [2.24, 2.45) is 0 Å². The van der Waals surface area contributed by atoms with Gasteiger partial charge in [-0.2, -0.15) is 0 Å². The van der Waals surface area contributed by atoms with E-state index in [9.17, 15) is 0 Å². The zero-order valence-electron chi connectivity index (χ0n) is 11.0. The smallest absolute Gasteiger partial charge is 0.143 e. The maximum absolute atomic E-state index is 6.20. The fourth-order valence-corrected chi connectivity index (χ4v) is 2.70. The molecule has 1 aromatic rings.